The van der Waals surface area contributed by atoms with Gasteiger partial charge in [0, 0.05) is 23.7 Å². The number of benzene rings is 1. The molecule has 0 unspecified atom stereocenters. The minimum Gasteiger partial charge on any atom is -0.491 e. The van der Waals surface area contributed by atoms with E-state index in [1.807, 2.05) is 18.2 Å². The average Bonchev–Trinajstić information content (AvgIpc) is 2.45. The molecule has 6 heteroatoms. The fourth-order valence-corrected chi connectivity index (χ4v) is 3.03. The van der Waals surface area contributed by atoms with Crippen LogP contribution in [0.4, 0.5) is 0 Å². The first kappa shape index (κ1) is 19.5. The molecule has 0 spiro atoms. The van der Waals surface area contributed by atoms with Crippen molar-refractivity contribution in [1.29, 1.82) is 0 Å². The van der Waals surface area contributed by atoms with E-state index in [4.69, 9.17) is 32.5 Å². The monoisotopic (exact) mass is 348 g/mol. The Morgan fingerprint density at radius 1 is 1.27 bits per heavy atom. The van der Waals surface area contributed by atoms with Crippen LogP contribution in [0.3, 0.4) is 0 Å². The maximum Gasteiger partial charge on any atom is 0.122 e. The first-order valence-electron chi connectivity index (χ1n) is 7.47. The van der Waals surface area contributed by atoms with Gasteiger partial charge in [0.1, 0.15) is 12.4 Å². The summed E-state index contributed by atoms with van der Waals surface area (Å²) in [6.45, 7) is 1.08. The van der Waals surface area contributed by atoms with E-state index in [-0.39, 0.29) is 17.9 Å². The number of nitrogens with two attached hydrogens (primary N) is 2. The first-order chi connectivity index (χ1) is 10.0. The van der Waals surface area contributed by atoms with Gasteiger partial charge in [-0.25, -0.2) is 0 Å². The molecule has 0 aliphatic heterocycles. The molecule has 22 heavy (non-hydrogen) atoms. The van der Waals surface area contributed by atoms with Crippen molar-refractivity contribution in [3.8, 4) is 5.75 Å². The van der Waals surface area contributed by atoms with E-state index in [0.717, 1.165) is 43.4 Å². The molecule has 1 saturated carbocycles. The average molecular weight is 349 g/mol. The van der Waals surface area contributed by atoms with Crippen molar-refractivity contribution >= 4 is 24.0 Å². The number of ether oxygens (including phenoxy) is 2. The number of methoxy groups -OCH3 is 1. The molecule has 4 N–H and O–H groups in total. The van der Waals surface area contributed by atoms with Gasteiger partial charge in [-0.3, -0.25) is 0 Å². The lowest BCUT2D eigenvalue weighted by molar-refractivity contribution is 0.145. The Labute approximate surface area is 143 Å². The molecule has 0 radical (unpaired) electrons. The molecule has 126 valence electrons. The summed E-state index contributed by atoms with van der Waals surface area (Å²) in [5.41, 5.74) is 13.4. The van der Waals surface area contributed by atoms with Crippen molar-refractivity contribution in [1.82, 2.24) is 0 Å². The van der Waals surface area contributed by atoms with Gasteiger partial charge in [0.25, 0.3) is 0 Å². The Kier molecular flexibility index (Phi) is 7.94. The quantitative estimate of drug-likeness (QED) is 0.775. The van der Waals surface area contributed by atoms with Gasteiger partial charge in [-0.2, -0.15) is 0 Å². The Balaban J connectivity index is 0.00000242. The lowest BCUT2D eigenvalue weighted by Crippen LogP contribution is -2.47. The van der Waals surface area contributed by atoms with Crippen LogP contribution in [0, 0.1) is 0 Å². The Hall–Kier alpha value is -0.520. The van der Waals surface area contributed by atoms with E-state index < -0.39 is 0 Å². The second-order valence-electron chi connectivity index (χ2n) is 5.97. The van der Waals surface area contributed by atoms with Gasteiger partial charge in [0.15, 0.2) is 0 Å². The normalized spacial score (nSPS) is 24.6. The summed E-state index contributed by atoms with van der Waals surface area (Å²) in [4.78, 5) is 0. The van der Waals surface area contributed by atoms with Gasteiger partial charge in [-0.15, -0.1) is 12.4 Å². The van der Waals surface area contributed by atoms with Crippen molar-refractivity contribution < 1.29 is 9.47 Å². The molecular weight excluding hydrogens is 323 g/mol. The van der Waals surface area contributed by atoms with Crippen LogP contribution in [0.15, 0.2) is 18.2 Å². The molecule has 4 nitrogen and oxygen atoms in total. The molecule has 0 bridgehead atoms. The molecule has 1 fully saturated rings. The molecule has 1 aliphatic rings. The number of hydrogen-bond acceptors (Lipinski definition) is 4. The van der Waals surface area contributed by atoms with Gasteiger partial charge in [-0.05, 0) is 55.9 Å². The SMILES string of the molecule is COCCOc1ccc(Cl)cc1CC1(N)CCC(N)CC1.Cl. The van der Waals surface area contributed by atoms with Crippen molar-refractivity contribution in [2.75, 3.05) is 20.3 Å². The summed E-state index contributed by atoms with van der Waals surface area (Å²) in [7, 11) is 1.66. The highest BCUT2D eigenvalue weighted by Crippen LogP contribution is 2.33. The summed E-state index contributed by atoms with van der Waals surface area (Å²) < 4.78 is 10.8. The molecule has 0 amide bonds. The summed E-state index contributed by atoms with van der Waals surface area (Å²) in [6, 6.07) is 5.99. The van der Waals surface area contributed by atoms with E-state index >= 15 is 0 Å². The van der Waals surface area contributed by atoms with Crippen molar-refractivity contribution in [2.24, 2.45) is 11.5 Å². The lowest BCUT2D eigenvalue weighted by Gasteiger charge is -2.36. The molecule has 0 heterocycles. The van der Waals surface area contributed by atoms with Crippen LogP contribution in [-0.2, 0) is 11.2 Å². The zero-order valence-electron chi connectivity index (χ0n) is 13.0. The minimum absolute atomic E-state index is 0. The maximum absolute atomic E-state index is 6.55. The van der Waals surface area contributed by atoms with Crippen LogP contribution in [0.25, 0.3) is 0 Å². The molecule has 0 atom stereocenters. The molecule has 0 aromatic heterocycles. The Morgan fingerprint density at radius 3 is 2.59 bits per heavy atom. The highest BCUT2D eigenvalue weighted by atomic mass is 35.5. The van der Waals surface area contributed by atoms with Gasteiger partial charge in [0.05, 0.1) is 6.61 Å². The van der Waals surface area contributed by atoms with Gasteiger partial charge >= 0.3 is 0 Å². The Bertz CT molecular complexity index is 463. The van der Waals surface area contributed by atoms with E-state index in [0.29, 0.717) is 24.3 Å². The van der Waals surface area contributed by atoms with Crippen LogP contribution < -0.4 is 16.2 Å². The second kappa shape index (κ2) is 8.94. The largest absolute Gasteiger partial charge is 0.491 e. The first-order valence-corrected chi connectivity index (χ1v) is 7.85. The third-order valence-corrected chi connectivity index (χ3v) is 4.37. The van der Waals surface area contributed by atoms with Crippen LogP contribution >= 0.6 is 24.0 Å². The van der Waals surface area contributed by atoms with E-state index in [2.05, 4.69) is 0 Å². The van der Waals surface area contributed by atoms with Crippen LogP contribution in [0.5, 0.6) is 5.75 Å². The number of halogens is 2. The molecule has 1 aromatic rings. The Morgan fingerprint density at radius 2 is 1.95 bits per heavy atom. The highest BCUT2D eigenvalue weighted by Gasteiger charge is 2.31. The minimum atomic E-state index is -0.208. The molecule has 1 aliphatic carbocycles. The van der Waals surface area contributed by atoms with Gasteiger partial charge < -0.3 is 20.9 Å². The predicted octanol–water partition coefficient (Wildman–Crippen LogP) is 2.93. The third kappa shape index (κ3) is 5.60. The van der Waals surface area contributed by atoms with Crippen molar-refractivity contribution in [3.63, 3.8) is 0 Å². The number of rotatable bonds is 6. The fourth-order valence-electron chi connectivity index (χ4n) is 2.83. The highest BCUT2D eigenvalue weighted by molar-refractivity contribution is 6.30. The van der Waals surface area contributed by atoms with Crippen LogP contribution in [-0.4, -0.2) is 31.9 Å². The van der Waals surface area contributed by atoms with Gasteiger partial charge in [-0.1, -0.05) is 11.6 Å². The lowest BCUT2D eigenvalue weighted by atomic mass is 9.76. The second-order valence-corrected chi connectivity index (χ2v) is 6.41. The van der Waals surface area contributed by atoms with Crippen LogP contribution in [0.1, 0.15) is 31.2 Å². The topological polar surface area (TPSA) is 70.5 Å². The smallest absolute Gasteiger partial charge is 0.122 e. The van der Waals surface area contributed by atoms with Crippen molar-refractivity contribution in [2.45, 2.75) is 43.7 Å². The predicted molar refractivity (Wildman–Crippen MR) is 93.1 cm³/mol. The van der Waals surface area contributed by atoms with Crippen molar-refractivity contribution in [3.05, 3.63) is 28.8 Å². The summed E-state index contributed by atoms with van der Waals surface area (Å²) in [6.07, 6.45) is 4.62. The summed E-state index contributed by atoms with van der Waals surface area (Å²) in [5, 5.41) is 0.709. The van der Waals surface area contributed by atoms with E-state index in [1.165, 1.54) is 0 Å². The zero-order valence-corrected chi connectivity index (χ0v) is 14.6. The summed E-state index contributed by atoms with van der Waals surface area (Å²) >= 11 is 6.12. The standard InChI is InChI=1S/C16H25ClN2O2.ClH/c1-20-8-9-21-15-3-2-13(17)10-12(15)11-16(19)6-4-14(18)5-7-16;/h2-3,10,14H,4-9,11,18-19H2,1H3;1H. The molecule has 1 aromatic carbocycles. The molecule has 0 saturated heterocycles. The van der Waals surface area contributed by atoms with Gasteiger partial charge in [0.2, 0.25) is 0 Å². The zero-order chi connectivity index (χ0) is 15.3. The third-order valence-electron chi connectivity index (χ3n) is 4.14. The fraction of sp³-hybridized carbons (Fsp3) is 0.625. The number of hydrogen-bond donors (Lipinski definition) is 2. The molecular formula is C16H26Cl2N2O2. The molecule has 2 rings (SSSR count). The maximum atomic E-state index is 6.55. The van der Waals surface area contributed by atoms with E-state index in [1.54, 1.807) is 7.11 Å². The summed E-state index contributed by atoms with van der Waals surface area (Å²) in [5.74, 6) is 0.844. The van der Waals surface area contributed by atoms with E-state index in [9.17, 15) is 0 Å². The van der Waals surface area contributed by atoms with Crippen LogP contribution in [0.2, 0.25) is 5.02 Å².